The summed E-state index contributed by atoms with van der Waals surface area (Å²) < 4.78 is 5.69. The number of carbonyl (C=O) groups is 1. The Hall–Kier alpha value is -1.46. The van der Waals surface area contributed by atoms with Crippen LogP contribution in [0.3, 0.4) is 0 Å². The fourth-order valence-corrected chi connectivity index (χ4v) is 3.09. The van der Waals surface area contributed by atoms with E-state index < -0.39 is 5.54 Å². The molecule has 0 aromatic carbocycles. The highest BCUT2D eigenvalue weighted by molar-refractivity contribution is 5.88. The Morgan fingerprint density at radius 2 is 2.09 bits per heavy atom. The first-order valence-electron chi connectivity index (χ1n) is 7.88. The predicted octanol–water partition coefficient (Wildman–Crippen LogP) is 1.62. The minimum absolute atomic E-state index is 0.00232. The van der Waals surface area contributed by atoms with Crippen molar-refractivity contribution in [3.05, 3.63) is 30.1 Å². The highest BCUT2D eigenvalue weighted by Gasteiger charge is 2.63. The first-order valence-corrected chi connectivity index (χ1v) is 7.88. The number of likely N-dealkylation sites (N-methyl/N-ethyl adjacent to an activating group) is 1. The fraction of sp³-hybridized carbons (Fsp3) is 0.647. The Bertz CT molecular complexity index is 518. The molecule has 2 N–H and O–H groups in total. The van der Waals surface area contributed by atoms with Crippen molar-refractivity contribution in [1.29, 1.82) is 0 Å². The number of carbonyl (C=O) groups excluding carboxylic acids is 1. The summed E-state index contributed by atoms with van der Waals surface area (Å²) in [6, 6.07) is 3.93. The monoisotopic (exact) mass is 305 g/mol. The average molecular weight is 305 g/mol. The molecule has 1 aromatic heterocycles. The molecule has 2 unspecified atom stereocenters. The van der Waals surface area contributed by atoms with Gasteiger partial charge in [0.1, 0.15) is 5.54 Å². The second-order valence-corrected chi connectivity index (χ2v) is 6.67. The number of rotatable bonds is 6. The van der Waals surface area contributed by atoms with Crippen LogP contribution >= 0.6 is 0 Å². The van der Waals surface area contributed by atoms with E-state index in [-0.39, 0.29) is 17.4 Å². The van der Waals surface area contributed by atoms with Gasteiger partial charge >= 0.3 is 0 Å². The molecule has 0 bridgehead atoms. The van der Waals surface area contributed by atoms with E-state index in [2.05, 4.69) is 4.98 Å². The number of nitrogens with two attached hydrogens (primary N) is 1. The van der Waals surface area contributed by atoms with Crippen LogP contribution in [0.15, 0.2) is 24.5 Å². The molecule has 2 rings (SSSR count). The average Bonchev–Trinajstić information content (AvgIpc) is 2.52. The lowest BCUT2D eigenvalue weighted by Gasteiger charge is -2.58. The van der Waals surface area contributed by atoms with Gasteiger partial charge in [0.15, 0.2) is 0 Å². The second-order valence-electron chi connectivity index (χ2n) is 6.67. The predicted molar refractivity (Wildman–Crippen MR) is 86.3 cm³/mol. The Morgan fingerprint density at radius 1 is 1.45 bits per heavy atom. The number of hydrogen-bond acceptors (Lipinski definition) is 4. The summed E-state index contributed by atoms with van der Waals surface area (Å²) in [5.74, 6) is 0.00232. The minimum atomic E-state index is -0.834. The van der Waals surface area contributed by atoms with Gasteiger partial charge in [0.05, 0.1) is 6.10 Å². The van der Waals surface area contributed by atoms with Crippen molar-refractivity contribution in [2.24, 2.45) is 11.1 Å². The molecule has 0 spiro atoms. The molecule has 1 saturated carbocycles. The van der Waals surface area contributed by atoms with E-state index in [0.29, 0.717) is 19.6 Å². The molecule has 5 nitrogen and oxygen atoms in total. The van der Waals surface area contributed by atoms with Crippen LogP contribution in [0.1, 0.15) is 32.8 Å². The molecular weight excluding hydrogens is 278 g/mol. The maximum atomic E-state index is 12.8. The zero-order valence-electron chi connectivity index (χ0n) is 14.0. The Labute approximate surface area is 132 Å². The van der Waals surface area contributed by atoms with Crippen LogP contribution in [0.25, 0.3) is 0 Å². The number of pyridine rings is 1. The molecule has 0 saturated heterocycles. The molecule has 1 aliphatic carbocycles. The Morgan fingerprint density at radius 3 is 2.64 bits per heavy atom. The van der Waals surface area contributed by atoms with E-state index >= 15 is 0 Å². The molecule has 122 valence electrons. The van der Waals surface area contributed by atoms with Gasteiger partial charge in [0.25, 0.3) is 0 Å². The standard InChI is InChI=1S/C17H27N3O2/c1-5-22-14-12-17(18,16(14,2)3)15(21)20(4)11-8-13-6-9-19-10-7-13/h6-7,9-10,14H,5,8,11-12,18H2,1-4H3. The smallest absolute Gasteiger partial charge is 0.243 e. The Kier molecular flexibility index (Phi) is 4.87. The van der Waals surface area contributed by atoms with Crippen LogP contribution in [0.2, 0.25) is 0 Å². The molecule has 1 aromatic rings. The third kappa shape index (κ3) is 2.88. The largest absolute Gasteiger partial charge is 0.378 e. The highest BCUT2D eigenvalue weighted by atomic mass is 16.5. The van der Waals surface area contributed by atoms with E-state index in [9.17, 15) is 4.79 Å². The minimum Gasteiger partial charge on any atom is -0.378 e. The highest BCUT2D eigenvalue weighted by Crippen LogP contribution is 2.50. The molecule has 1 amide bonds. The van der Waals surface area contributed by atoms with Gasteiger partial charge in [0.2, 0.25) is 5.91 Å². The summed E-state index contributed by atoms with van der Waals surface area (Å²) in [6.07, 6.45) is 4.98. The van der Waals surface area contributed by atoms with Crippen molar-refractivity contribution < 1.29 is 9.53 Å². The molecule has 1 fully saturated rings. The lowest BCUT2D eigenvalue weighted by atomic mass is 9.54. The van der Waals surface area contributed by atoms with Crippen LogP contribution in [0.5, 0.6) is 0 Å². The molecule has 1 aliphatic rings. The van der Waals surface area contributed by atoms with Gasteiger partial charge < -0.3 is 15.4 Å². The first-order chi connectivity index (χ1) is 10.3. The van der Waals surface area contributed by atoms with E-state index in [1.807, 2.05) is 40.0 Å². The summed E-state index contributed by atoms with van der Waals surface area (Å²) >= 11 is 0. The van der Waals surface area contributed by atoms with E-state index in [0.717, 1.165) is 6.42 Å². The SMILES string of the molecule is CCOC1CC(N)(C(=O)N(C)CCc2ccncc2)C1(C)C. The molecule has 0 aliphatic heterocycles. The number of ether oxygens (including phenoxy) is 1. The number of nitrogens with zero attached hydrogens (tertiary/aromatic N) is 2. The van der Waals surface area contributed by atoms with Crippen molar-refractivity contribution >= 4 is 5.91 Å². The van der Waals surface area contributed by atoms with E-state index in [1.165, 1.54) is 5.56 Å². The quantitative estimate of drug-likeness (QED) is 0.867. The summed E-state index contributed by atoms with van der Waals surface area (Å²) in [7, 11) is 1.82. The lowest BCUT2D eigenvalue weighted by Crippen LogP contribution is -2.75. The Balaban J connectivity index is 1.96. The molecular formula is C17H27N3O2. The maximum absolute atomic E-state index is 12.8. The number of amides is 1. The summed E-state index contributed by atoms with van der Waals surface area (Å²) in [5.41, 5.74) is 6.43. The van der Waals surface area contributed by atoms with Gasteiger partial charge in [-0.3, -0.25) is 9.78 Å². The van der Waals surface area contributed by atoms with Gasteiger partial charge in [-0.15, -0.1) is 0 Å². The van der Waals surface area contributed by atoms with Gasteiger partial charge in [-0.05, 0) is 31.0 Å². The van der Waals surface area contributed by atoms with Crippen LogP contribution in [-0.2, 0) is 16.0 Å². The van der Waals surface area contributed by atoms with Gasteiger partial charge in [-0.1, -0.05) is 13.8 Å². The summed E-state index contributed by atoms with van der Waals surface area (Å²) in [4.78, 5) is 18.5. The van der Waals surface area contributed by atoms with E-state index in [4.69, 9.17) is 10.5 Å². The van der Waals surface area contributed by atoms with Crippen molar-refractivity contribution in [2.45, 2.75) is 45.3 Å². The molecule has 2 atom stereocenters. The fourth-order valence-electron chi connectivity index (χ4n) is 3.09. The van der Waals surface area contributed by atoms with Crippen LogP contribution < -0.4 is 5.73 Å². The summed E-state index contributed by atoms with van der Waals surface area (Å²) in [5, 5.41) is 0. The first kappa shape index (κ1) is 16.9. The third-order valence-corrected chi connectivity index (χ3v) is 5.04. The molecule has 1 heterocycles. The maximum Gasteiger partial charge on any atom is 0.243 e. The molecule has 22 heavy (non-hydrogen) atoms. The zero-order chi connectivity index (χ0) is 16.4. The van der Waals surface area contributed by atoms with Crippen molar-refractivity contribution in [2.75, 3.05) is 20.2 Å². The zero-order valence-corrected chi connectivity index (χ0v) is 14.0. The van der Waals surface area contributed by atoms with Crippen LogP contribution in [0.4, 0.5) is 0 Å². The van der Waals surface area contributed by atoms with Crippen molar-refractivity contribution in [1.82, 2.24) is 9.88 Å². The normalized spacial score (nSPS) is 26.3. The second kappa shape index (κ2) is 6.34. The van der Waals surface area contributed by atoms with Gasteiger partial charge in [-0.25, -0.2) is 0 Å². The van der Waals surface area contributed by atoms with Crippen molar-refractivity contribution in [3.63, 3.8) is 0 Å². The van der Waals surface area contributed by atoms with Gasteiger partial charge in [0, 0.05) is 44.4 Å². The third-order valence-electron chi connectivity index (χ3n) is 5.04. The van der Waals surface area contributed by atoms with Crippen LogP contribution in [-0.4, -0.2) is 47.6 Å². The topological polar surface area (TPSA) is 68.5 Å². The molecule has 5 heteroatoms. The summed E-state index contributed by atoms with van der Waals surface area (Å²) in [6.45, 7) is 7.31. The number of hydrogen-bond donors (Lipinski definition) is 1. The van der Waals surface area contributed by atoms with Crippen molar-refractivity contribution in [3.8, 4) is 0 Å². The molecule has 0 radical (unpaired) electrons. The lowest BCUT2D eigenvalue weighted by molar-refractivity contribution is -0.178. The van der Waals surface area contributed by atoms with E-state index in [1.54, 1.807) is 17.3 Å². The van der Waals surface area contributed by atoms with Gasteiger partial charge in [-0.2, -0.15) is 0 Å². The number of aromatic nitrogens is 1. The van der Waals surface area contributed by atoms with Crippen LogP contribution in [0, 0.1) is 5.41 Å².